The standard InChI is InChI=1S/C14H21BrN2O/c1-18-14-3-2-12(8-13(14)15)10-17-9-11-4-6-16-7-5-11/h2-3,8,11,16-17H,4-7,9-10H2,1H3. The van der Waals surface area contributed by atoms with E-state index in [-0.39, 0.29) is 0 Å². The zero-order valence-electron chi connectivity index (χ0n) is 10.8. The quantitative estimate of drug-likeness (QED) is 0.876. The summed E-state index contributed by atoms with van der Waals surface area (Å²) < 4.78 is 6.24. The van der Waals surface area contributed by atoms with E-state index in [9.17, 15) is 0 Å². The van der Waals surface area contributed by atoms with E-state index in [2.05, 4.69) is 38.7 Å². The number of nitrogens with one attached hydrogen (secondary N) is 2. The molecule has 0 amide bonds. The lowest BCUT2D eigenvalue weighted by atomic mass is 9.98. The highest BCUT2D eigenvalue weighted by Gasteiger charge is 2.12. The lowest BCUT2D eigenvalue weighted by Crippen LogP contribution is -2.33. The van der Waals surface area contributed by atoms with Crippen LogP contribution in [0.3, 0.4) is 0 Å². The second-order valence-electron chi connectivity index (χ2n) is 4.79. The van der Waals surface area contributed by atoms with E-state index < -0.39 is 0 Å². The predicted molar refractivity (Wildman–Crippen MR) is 78.0 cm³/mol. The minimum atomic E-state index is 0.827. The first-order valence-corrected chi connectivity index (χ1v) is 7.32. The summed E-state index contributed by atoms with van der Waals surface area (Å²) in [6, 6.07) is 6.24. The summed E-state index contributed by atoms with van der Waals surface area (Å²) in [6.45, 7) is 4.37. The van der Waals surface area contributed by atoms with Crippen LogP contribution in [0.2, 0.25) is 0 Å². The molecule has 18 heavy (non-hydrogen) atoms. The molecule has 1 aromatic carbocycles. The molecular formula is C14H21BrN2O. The molecule has 1 heterocycles. The smallest absolute Gasteiger partial charge is 0.133 e. The van der Waals surface area contributed by atoms with Gasteiger partial charge in [-0.3, -0.25) is 0 Å². The number of benzene rings is 1. The molecule has 0 aromatic heterocycles. The van der Waals surface area contributed by atoms with Crippen LogP contribution in [0.25, 0.3) is 0 Å². The fraction of sp³-hybridized carbons (Fsp3) is 0.571. The van der Waals surface area contributed by atoms with Crippen molar-refractivity contribution in [3.63, 3.8) is 0 Å². The van der Waals surface area contributed by atoms with Gasteiger partial charge in [0.2, 0.25) is 0 Å². The van der Waals surface area contributed by atoms with Gasteiger partial charge in [0.05, 0.1) is 11.6 Å². The Morgan fingerprint density at radius 2 is 2.17 bits per heavy atom. The topological polar surface area (TPSA) is 33.3 Å². The Kier molecular flexibility index (Phi) is 5.47. The Labute approximate surface area is 117 Å². The van der Waals surface area contributed by atoms with Crippen molar-refractivity contribution >= 4 is 15.9 Å². The first-order chi connectivity index (χ1) is 8.79. The minimum absolute atomic E-state index is 0.827. The van der Waals surface area contributed by atoms with Crippen molar-refractivity contribution in [3.05, 3.63) is 28.2 Å². The van der Waals surface area contributed by atoms with Gasteiger partial charge in [-0.1, -0.05) is 6.07 Å². The Balaban J connectivity index is 1.77. The van der Waals surface area contributed by atoms with Crippen LogP contribution in [0, 0.1) is 5.92 Å². The lowest BCUT2D eigenvalue weighted by molar-refractivity contribution is 0.356. The van der Waals surface area contributed by atoms with Crippen LogP contribution in [-0.4, -0.2) is 26.7 Å². The van der Waals surface area contributed by atoms with Crippen LogP contribution in [0.15, 0.2) is 22.7 Å². The summed E-state index contributed by atoms with van der Waals surface area (Å²) in [5.74, 6) is 1.71. The van der Waals surface area contributed by atoms with E-state index in [0.29, 0.717) is 0 Å². The van der Waals surface area contributed by atoms with E-state index >= 15 is 0 Å². The molecule has 2 N–H and O–H groups in total. The number of piperidine rings is 1. The number of methoxy groups -OCH3 is 1. The molecule has 1 aliphatic rings. The molecular weight excluding hydrogens is 292 g/mol. The molecule has 0 bridgehead atoms. The first kappa shape index (κ1) is 13.8. The number of rotatable bonds is 5. The SMILES string of the molecule is COc1ccc(CNCC2CCNCC2)cc1Br. The maximum absolute atomic E-state index is 5.23. The Morgan fingerprint density at radius 3 is 2.83 bits per heavy atom. The second-order valence-corrected chi connectivity index (χ2v) is 5.65. The van der Waals surface area contributed by atoms with Gasteiger partial charge in [0.1, 0.15) is 5.75 Å². The Hall–Kier alpha value is -0.580. The fourth-order valence-electron chi connectivity index (χ4n) is 2.33. The predicted octanol–water partition coefficient (Wildman–Crippen LogP) is 2.55. The molecule has 100 valence electrons. The monoisotopic (exact) mass is 312 g/mol. The Bertz CT molecular complexity index is 378. The molecule has 0 atom stereocenters. The van der Waals surface area contributed by atoms with E-state index in [1.807, 2.05) is 6.07 Å². The molecule has 0 radical (unpaired) electrons. The van der Waals surface area contributed by atoms with Gasteiger partial charge in [0, 0.05) is 6.54 Å². The van der Waals surface area contributed by atoms with Gasteiger partial charge in [-0.15, -0.1) is 0 Å². The van der Waals surface area contributed by atoms with Crippen LogP contribution in [0.5, 0.6) is 5.75 Å². The van der Waals surface area contributed by atoms with Crippen molar-refractivity contribution < 1.29 is 4.74 Å². The van der Waals surface area contributed by atoms with E-state index in [1.54, 1.807) is 7.11 Å². The number of hydrogen-bond acceptors (Lipinski definition) is 3. The summed E-state index contributed by atoms with van der Waals surface area (Å²) >= 11 is 3.51. The average Bonchev–Trinajstić information content (AvgIpc) is 2.40. The highest BCUT2D eigenvalue weighted by molar-refractivity contribution is 9.10. The van der Waals surface area contributed by atoms with E-state index in [1.165, 1.54) is 31.5 Å². The highest BCUT2D eigenvalue weighted by Crippen LogP contribution is 2.25. The highest BCUT2D eigenvalue weighted by atomic mass is 79.9. The van der Waals surface area contributed by atoms with Gasteiger partial charge < -0.3 is 15.4 Å². The van der Waals surface area contributed by atoms with Crippen LogP contribution in [0.1, 0.15) is 18.4 Å². The fourth-order valence-corrected chi connectivity index (χ4v) is 2.91. The van der Waals surface area contributed by atoms with Crippen LogP contribution in [-0.2, 0) is 6.54 Å². The minimum Gasteiger partial charge on any atom is -0.496 e. The average molecular weight is 313 g/mol. The van der Waals surface area contributed by atoms with Gasteiger partial charge in [0.15, 0.2) is 0 Å². The van der Waals surface area contributed by atoms with Gasteiger partial charge in [-0.25, -0.2) is 0 Å². The van der Waals surface area contributed by atoms with Crippen LogP contribution < -0.4 is 15.4 Å². The first-order valence-electron chi connectivity index (χ1n) is 6.53. The normalized spacial score (nSPS) is 16.8. The van der Waals surface area contributed by atoms with Crippen molar-refractivity contribution in [2.24, 2.45) is 5.92 Å². The molecule has 1 aromatic rings. The van der Waals surface area contributed by atoms with Crippen LogP contribution >= 0.6 is 15.9 Å². The number of ether oxygens (including phenoxy) is 1. The summed E-state index contributed by atoms with van der Waals surface area (Å²) in [5.41, 5.74) is 1.29. The molecule has 0 spiro atoms. The summed E-state index contributed by atoms with van der Waals surface area (Å²) in [6.07, 6.45) is 2.58. The summed E-state index contributed by atoms with van der Waals surface area (Å²) in [5, 5.41) is 6.94. The summed E-state index contributed by atoms with van der Waals surface area (Å²) in [4.78, 5) is 0. The maximum atomic E-state index is 5.23. The molecule has 0 saturated carbocycles. The lowest BCUT2D eigenvalue weighted by Gasteiger charge is -2.22. The number of hydrogen-bond donors (Lipinski definition) is 2. The second kappa shape index (κ2) is 7.12. The largest absolute Gasteiger partial charge is 0.496 e. The third kappa shape index (κ3) is 3.97. The van der Waals surface area contributed by atoms with Gasteiger partial charge in [0.25, 0.3) is 0 Å². The maximum Gasteiger partial charge on any atom is 0.133 e. The third-order valence-electron chi connectivity index (χ3n) is 3.44. The van der Waals surface area contributed by atoms with Crippen molar-refractivity contribution in [3.8, 4) is 5.75 Å². The third-order valence-corrected chi connectivity index (χ3v) is 4.06. The molecule has 1 fully saturated rings. The van der Waals surface area contributed by atoms with Crippen molar-refractivity contribution in [1.82, 2.24) is 10.6 Å². The molecule has 1 aliphatic heterocycles. The van der Waals surface area contributed by atoms with E-state index in [0.717, 1.165) is 29.2 Å². The molecule has 2 rings (SSSR count). The summed E-state index contributed by atoms with van der Waals surface area (Å²) in [7, 11) is 1.69. The molecule has 0 unspecified atom stereocenters. The van der Waals surface area contributed by atoms with Crippen molar-refractivity contribution in [1.29, 1.82) is 0 Å². The van der Waals surface area contributed by atoms with Gasteiger partial charge in [-0.05, 0) is 72.0 Å². The number of halogens is 1. The van der Waals surface area contributed by atoms with E-state index in [4.69, 9.17) is 4.74 Å². The molecule has 1 saturated heterocycles. The molecule has 0 aliphatic carbocycles. The molecule has 4 heteroatoms. The Morgan fingerprint density at radius 1 is 1.39 bits per heavy atom. The van der Waals surface area contributed by atoms with Crippen molar-refractivity contribution in [2.75, 3.05) is 26.7 Å². The van der Waals surface area contributed by atoms with Gasteiger partial charge in [-0.2, -0.15) is 0 Å². The molecule has 3 nitrogen and oxygen atoms in total. The van der Waals surface area contributed by atoms with Gasteiger partial charge >= 0.3 is 0 Å². The zero-order chi connectivity index (χ0) is 12.8. The zero-order valence-corrected chi connectivity index (χ0v) is 12.4. The van der Waals surface area contributed by atoms with Crippen molar-refractivity contribution in [2.45, 2.75) is 19.4 Å². The van der Waals surface area contributed by atoms with Crippen LogP contribution in [0.4, 0.5) is 0 Å².